The Labute approximate surface area is 152 Å². The van der Waals surface area contributed by atoms with Crippen LogP contribution in [0.2, 0.25) is 5.02 Å². The van der Waals surface area contributed by atoms with Crippen molar-refractivity contribution in [3.05, 3.63) is 57.9 Å². The highest BCUT2D eigenvalue weighted by atomic mass is 79.9. The summed E-state index contributed by atoms with van der Waals surface area (Å²) in [4.78, 5) is 0. The minimum absolute atomic E-state index is 0.375. The monoisotopic (exact) mass is 408 g/mol. The van der Waals surface area contributed by atoms with Gasteiger partial charge in [-0.15, -0.1) is 10.2 Å². The molecule has 24 heavy (non-hydrogen) atoms. The van der Waals surface area contributed by atoms with Crippen molar-refractivity contribution >= 4 is 27.5 Å². The zero-order valence-electron chi connectivity index (χ0n) is 13.0. The summed E-state index contributed by atoms with van der Waals surface area (Å²) >= 11 is 9.51. The maximum atomic E-state index is 6.16. The van der Waals surface area contributed by atoms with Crippen LogP contribution in [0.15, 0.2) is 51.4 Å². The topological polar surface area (TPSA) is 57.4 Å². The van der Waals surface area contributed by atoms with E-state index < -0.39 is 6.10 Å². The van der Waals surface area contributed by atoms with E-state index >= 15 is 0 Å². The van der Waals surface area contributed by atoms with Crippen molar-refractivity contribution in [2.45, 2.75) is 13.0 Å². The van der Waals surface area contributed by atoms with Crippen molar-refractivity contribution in [3.63, 3.8) is 0 Å². The molecule has 3 aromatic rings. The number of halogens is 2. The van der Waals surface area contributed by atoms with Gasteiger partial charge in [-0.1, -0.05) is 27.5 Å². The molecule has 0 aliphatic heterocycles. The minimum Gasteiger partial charge on any atom is -0.497 e. The molecule has 0 bridgehead atoms. The Morgan fingerprint density at radius 2 is 1.88 bits per heavy atom. The first kappa shape index (κ1) is 16.8. The van der Waals surface area contributed by atoms with Gasteiger partial charge >= 0.3 is 0 Å². The summed E-state index contributed by atoms with van der Waals surface area (Å²) in [6.45, 7) is 1.82. The Hall–Kier alpha value is -2.05. The van der Waals surface area contributed by atoms with Crippen LogP contribution in [0.4, 0.5) is 0 Å². The maximum Gasteiger partial charge on any atom is 0.257 e. The molecule has 3 rings (SSSR count). The lowest BCUT2D eigenvalue weighted by Gasteiger charge is -2.12. The molecule has 5 nitrogen and oxygen atoms in total. The van der Waals surface area contributed by atoms with Crippen LogP contribution in [0.5, 0.6) is 11.5 Å². The maximum absolute atomic E-state index is 6.16. The van der Waals surface area contributed by atoms with Gasteiger partial charge in [-0.2, -0.15) is 0 Å². The van der Waals surface area contributed by atoms with E-state index in [1.54, 1.807) is 19.2 Å². The largest absolute Gasteiger partial charge is 0.497 e. The van der Waals surface area contributed by atoms with E-state index in [2.05, 4.69) is 26.1 Å². The van der Waals surface area contributed by atoms with E-state index in [1.807, 2.05) is 37.3 Å². The van der Waals surface area contributed by atoms with Gasteiger partial charge < -0.3 is 13.9 Å². The molecule has 124 valence electrons. The van der Waals surface area contributed by atoms with E-state index in [1.165, 1.54) is 0 Å². The fourth-order valence-corrected chi connectivity index (χ4v) is 2.78. The van der Waals surface area contributed by atoms with E-state index in [0.29, 0.717) is 22.6 Å². The van der Waals surface area contributed by atoms with Crippen molar-refractivity contribution in [3.8, 4) is 23.0 Å². The summed E-state index contributed by atoms with van der Waals surface area (Å²) < 4.78 is 17.5. The van der Waals surface area contributed by atoms with Crippen LogP contribution in [0.25, 0.3) is 11.5 Å². The van der Waals surface area contributed by atoms with Crippen LogP contribution in [0.1, 0.15) is 18.9 Å². The minimum atomic E-state index is -0.428. The third kappa shape index (κ3) is 3.71. The third-order valence-electron chi connectivity index (χ3n) is 3.32. The van der Waals surface area contributed by atoms with Gasteiger partial charge in [-0.05, 0) is 49.4 Å². The number of hydrogen-bond donors (Lipinski definition) is 0. The fraction of sp³-hybridized carbons (Fsp3) is 0.176. The van der Waals surface area contributed by atoms with Gasteiger partial charge in [0.25, 0.3) is 5.89 Å². The van der Waals surface area contributed by atoms with E-state index in [4.69, 9.17) is 25.5 Å². The predicted octanol–water partition coefficient (Wildman–Crippen LogP) is 5.30. The first-order chi connectivity index (χ1) is 11.6. The van der Waals surface area contributed by atoms with Gasteiger partial charge in [0.2, 0.25) is 5.89 Å². The summed E-state index contributed by atoms with van der Waals surface area (Å²) in [5.41, 5.74) is 0.809. The zero-order chi connectivity index (χ0) is 17.1. The lowest BCUT2D eigenvalue weighted by molar-refractivity contribution is 0.190. The molecular weight excluding hydrogens is 396 g/mol. The molecule has 0 radical (unpaired) electrons. The Kier molecular flexibility index (Phi) is 5.06. The Balaban J connectivity index is 1.76. The number of nitrogens with zero attached hydrogens (tertiary/aromatic N) is 2. The first-order valence-electron chi connectivity index (χ1n) is 7.16. The summed E-state index contributed by atoms with van der Waals surface area (Å²) in [5.74, 6) is 2.11. The predicted molar refractivity (Wildman–Crippen MR) is 94.5 cm³/mol. The van der Waals surface area contributed by atoms with Crippen molar-refractivity contribution in [1.29, 1.82) is 0 Å². The average Bonchev–Trinajstić information content (AvgIpc) is 3.07. The van der Waals surface area contributed by atoms with Gasteiger partial charge in [0.1, 0.15) is 11.5 Å². The van der Waals surface area contributed by atoms with Crippen LogP contribution < -0.4 is 9.47 Å². The molecule has 0 unspecified atom stereocenters. The lowest BCUT2D eigenvalue weighted by Crippen LogP contribution is -2.03. The highest BCUT2D eigenvalue weighted by Crippen LogP contribution is 2.32. The van der Waals surface area contributed by atoms with E-state index in [0.717, 1.165) is 15.8 Å². The number of benzene rings is 2. The zero-order valence-corrected chi connectivity index (χ0v) is 15.3. The Morgan fingerprint density at radius 1 is 1.12 bits per heavy atom. The van der Waals surface area contributed by atoms with Crippen molar-refractivity contribution in [2.75, 3.05) is 7.11 Å². The molecule has 1 heterocycles. The second-order valence-corrected chi connectivity index (χ2v) is 6.33. The molecule has 1 atom stereocenters. The van der Waals surface area contributed by atoms with Crippen LogP contribution >= 0.6 is 27.5 Å². The van der Waals surface area contributed by atoms with Gasteiger partial charge in [-0.25, -0.2) is 0 Å². The van der Waals surface area contributed by atoms with Gasteiger partial charge in [-0.3, -0.25) is 0 Å². The summed E-state index contributed by atoms with van der Waals surface area (Å²) in [6.07, 6.45) is -0.428. The fourth-order valence-electron chi connectivity index (χ4n) is 2.06. The summed E-state index contributed by atoms with van der Waals surface area (Å²) in [6, 6.07) is 12.8. The third-order valence-corrected chi connectivity index (χ3v) is 4.11. The molecule has 0 saturated heterocycles. The van der Waals surface area contributed by atoms with Crippen molar-refractivity contribution in [1.82, 2.24) is 10.2 Å². The number of hydrogen-bond acceptors (Lipinski definition) is 5. The number of rotatable bonds is 5. The Morgan fingerprint density at radius 3 is 2.54 bits per heavy atom. The first-order valence-corrected chi connectivity index (χ1v) is 8.33. The number of aromatic nitrogens is 2. The van der Waals surface area contributed by atoms with Gasteiger partial charge in [0.05, 0.1) is 12.1 Å². The second kappa shape index (κ2) is 7.23. The molecule has 0 amide bonds. The van der Waals surface area contributed by atoms with Crippen molar-refractivity contribution in [2.24, 2.45) is 0 Å². The second-order valence-electron chi connectivity index (χ2n) is 5.01. The standard InChI is InChI=1S/C17H14BrClN2O3/c1-10(23-15-8-5-12(18)9-14(15)19)16-20-21-17(24-16)11-3-6-13(22-2)7-4-11/h3-10H,1-2H3/t10-/m0/s1. The quantitative estimate of drug-likeness (QED) is 0.572. The van der Waals surface area contributed by atoms with Crippen LogP contribution in [-0.2, 0) is 0 Å². The van der Waals surface area contributed by atoms with Gasteiger partial charge in [0, 0.05) is 10.0 Å². The summed E-state index contributed by atoms with van der Waals surface area (Å²) in [5, 5.41) is 8.62. The summed E-state index contributed by atoms with van der Waals surface area (Å²) in [7, 11) is 1.62. The average molecular weight is 410 g/mol. The molecule has 0 spiro atoms. The molecule has 0 N–H and O–H groups in total. The Bertz CT molecular complexity index is 836. The van der Waals surface area contributed by atoms with Crippen LogP contribution in [-0.4, -0.2) is 17.3 Å². The number of methoxy groups -OCH3 is 1. The lowest BCUT2D eigenvalue weighted by atomic mass is 10.2. The number of ether oxygens (including phenoxy) is 2. The van der Waals surface area contributed by atoms with Gasteiger partial charge in [0.15, 0.2) is 6.10 Å². The molecule has 0 fully saturated rings. The smallest absolute Gasteiger partial charge is 0.257 e. The molecule has 0 aliphatic carbocycles. The van der Waals surface area contributed by atoms with Crippen LogP contribution in [0, 0.1) is 0 Å². The normalized spacial score (nSPS) is 12.0. The highest BCUT2D eigenvalue weighted by molar-refractivity contribution is 9.10. The SMILES string of the molecule is COc1ccc(-c2nnc([C@H](C)Oc3ccc(Br)cc3Cl)o2)cc1. The van der Waals surface area contributed by atoms with Crippen LogP contribution in [0.3, 0.4) is 0 Å². The molecule has 1 aromatic heterocycles. The highest BCUT2D eigenvalue weighted by Gasteiger charge is 2.18. The van der Waals surface area contributed by atoms with E-state index in [9.17, 15) is 0 Å². The van der Waals surface area contributed by atoms with Crippen molar-refractivity contribution < 1.29 is 13.9 Å². The molecule has 0 aliphatic rings. The van der Waals surface area contributed by atoms with E-state index in [-0.39, 0.29) is 0 Å². The molecule has 0 saturated carbocycles. The molecular formula is C17H14BrClN2O3. The molecule has 7 heteroatoms. The molecule has 2 aromatic carbocycles.